The molecule has 1 fully saturated rings. The number of benzene rings is 1. The van der Waals surface area contributed by atoms with Crippen molar-refractivity contribution in [1.82, 2.24) is 20.0 Å². The zero-order valence-corrected chi connectivity index (χ0v) is 14.1. The standard InChI is InChI=1S/C19H26N4O/c24-19(20-11-7-17-5-2-1-3-6-17)16-22-13-8-18(9-14-22)15-23-12-4-10-21-23/h1-6,10,12,18H,7-9,11,13-16H2,(H,20,24). The van der Waals surface area contributed by atoms with Crippen LogP contribution in [0, 0.1) is 5.92 Å². The molecule has 128 valence electrons. The summed E-state index contributed by atoms with van der Waals surface area (Å²) in [5.74, 6) is 0.804. The maximum atomic E-state index is 12.1. The van der Waals surface area contributed by atoms with Gasteiger partial charge in [-0.3, -0.25) is 14.4 Å². The maximum Gasteiger partial charge on any atom is 0.234 e. The number of hydrogen-bond acceptors (Lipinski definition) is 3. The van der Waals surface area contributed by atoms with E-state index in [2.05, 4.69) is 27.4 Å². The summed E-state index contributed by atoms with van der Waals surface area (Å²) >= 11 is 0. The average Bonchev–Trinajstić information content (AvgIpc) is 3.11. The van der Waals surface area contributed by atoms with Gasteiger partial charge in [0.2, 0.25) is 5.91 Å². The number of amides is 1. The first kappa shape index (κ1) is 16.7. The molecule has 0 saturated carbocycles. The van der Waals surface area contributed by atoms with Gasteiger partial charge in [0.05, 0.1) is 6.54 Å². The molecule has 1 N–H and O–H groups in total. The summed E-state index contributed by atoms with van der Waals surface area (Å²) in [6.07, 6.45) is 7.01. The summed E-state index contributed by atoms with van der Waals surface area (Å²) < 4.78 is 2.01. The predicted molar refractivity (Wildman–Crippen MR) is 94.5 cm³/mol. The minimum atomic E-state index is 0.136. The molecule has 1 amide bonds. The maximum absolute atomic E-state index is 12.1. The Bertz CT molecular complexity index is 604. The van der Waals surface area contributed by atoms with E-state index in [4.69, 9.17) is 0 Å². The molecule has 0 atom stereocenters. The van der Waals surface area contributed by atoms with E-state index in [0.29, 0.717) is 19.0 Å². The summed E-state index contributed by atoms with van der Waals surface area (Å²) in [6, 6.07) is 12.2. The van der Waals surface area contributed by atoms with E-state index in [0.717, 1.165) is 38.9 Å². The lowest BCUT2D eigenvalue weighted by molar-refractivity contribution is -0.122. The highest BCUT2D eigenvalue weighted by atomic mass is 16.2. The van der Waals surface area contributed by atoms with Gasteiger partial charge in [0, 0.05) is 25.5 Å². The second-order valence-corrected chi connectivity index (χ2v) is 6.53. The number of rotatable bonds is 7. The molecular weight excluding hydrogens is 300 g/mol. The van der Waals surface area contributed by atoms with Crippen LogP contribution in [0.2, 0.25) is 0 Å². The largest absolute Gasteiger partial charge is 0.355 e. The van der Waals surface area contributed by atoms with E-state index in [1.807, 2.05) is 41.3 Å². The fourth-order valence-corrected chi connectivity index (χ4v) is 3.25. The van der Waals surface area contributed by atoms with Crippen molar-refractivity contribution >= 4 is 5.91 Å². The molecule has 0 radical (unpaired) electrons. The van der Waals surface area contributed by atoms with Crippen molar-refractivity contribution in [2.45, 2.75) is 25.8 Å². The molecule has 24 heavy (non-hydrogen) atoms. The average molecular weight is 326 g/mol. The Morgan fingerprint density at radius 1 is 1.17 bits per heavy atom. The molecule has 1 saturated heterocycles. The van der Waals surface area contributed by atoms with Crippen molar-refractivity contribution in [1.29, 1.82) is 0 Å². The van der Waals surface area contributed by atoms with E-state index >= 15 is 0 Å². The molecule has 1 aromatic carbocycles. The van der Waals surface area contributed by atoms with Gasteiger partial charge in [-0.2, -0.15) is 5.10 Å². The van der Waals surface area contributed by atoms with Crippen LogP contribution in [0.5, 0.6) is 0 Å². The third kappa shape index (κ3) is 5.20. The molecule has 2 heterocycles. The third-order valence-corrected chi connectivity index (χ3v) is 4.66. The van der Waals surface area contributed by atoms with E-state index in [9.17, 15) is 4.79 Å². The van der Waals surface area contributed by atoms with Crippen molar-refractivity contribution in [2.24, 2.45) is 5.92 Å². The normalized spacial score (nSPS) is 16.2. The summed E-state index contributed by atoms with van der Waals surface area (Å²) in [4.78, 5) is 14.3. The molecule has 1 aliphatic rings. The lowest BCUT2D eigenvalue weighted by atomic mass is 9.97. The van der Waals surface area contributed by atoms with Crippen LogP contribution in [-0.4, -0.2) is 46.8 Å². The van der Waals surface area contributed by atoms with Crippen LogP contribution in [0.4, 0.5) is 0 Å². The Kier molecular flexibility index (Phi) is 6.01. The smallest absolute Gasteiger partial charge is 0.234 e. The van der Waals surface area contributed by atoms with Crippen LogP contribution >= 0.6 is 0 Å². The molecule has 2 aromatic rings. The van der Waals surface area contributed by atoms with Crippen LogP contribution in [0.25, 0.3) is 0 Å². The van der Waals surface area contributed by atoms with Crippen molar-refractivity contribution < 1.29 is 4.79 Å². The predicted octanol–water partition coefficient (Wildman–Crippen LogP) is 1.95. The third-order valence-electron chi connectivity index (χ3n) is 4.66. The van der Waals surface area contributed by atoms with Crippen molar-refractivity contribution in [3.63, 3.8) is 0 Å². The van der Waals surface area contributed by atoms with E-state index < -0.39 is 0 Å². The van der Waals surface area contributed by atoms with Crippen molar-refractivity contribution in [3.8, 4) is 0 Å². The first-order valence-electron chi connectivity index (χ1n) is 8.80. The number of carbonyl (C=O) groups is 1. The minimum absolute atomic E-state index is 0.136. The molecule has 0 aliphatic carbocycles. The Labute approximate surface area is 143 Å². The summed E-state index contributed by atoms with van der Waals surface area (Å²) in [7, 11) is 0. The molecule has 1 aromatic heterocycles. The first-order valence-corrected chi connectivity index (χ1v) is 8.80. The topological polar surface area (TPSA) is 50.2 Å². The number of piperidine rings is 1. The fraction of sp³-hybridized carbons (Fsp3) is 0.474. The Morgan fingerprint density at radius 3 is 2.67 bits per heavy atom. The summed E-state index contributed by atoms with van der Waals surface area (Å²) in [5.41, 5.74) is 1.26. The zero-order valence-electron chi connectivity index (χ0n) is 14.1. The SMILES string of the molecule is O=C(CN1CCC(Cn2cccn2)CC1)NCCc1ccccc1. The van der Waals surface area contributed by atoms with Gasteiger partial charge in [0.15, 0.2) is 0 Å². The fourth-order valence-electron chi connectivity index (χ4n) is 3.25. The number of nitrogens with zero attached hydrogens (tertiary/aromatic N) is 3. The van der Waals surface area contributed by atoms with Gasteiger partial charge in [-0.1, -0.05) is 30.3 Å². The highest BCUT2D eigenvalue weighted by Crippen LogP contribution is 2.18. The van der Waals surface area contributed by atoms with Gasteiger partial charge in [0.25, 0.3) is 0 Å². The Balaban J connectivity index is 1.31. The van der Waals surface area contributed by atoms with Crippen LogP contribution in [0.15, 0.2) is 48.8 Å². The van der Waals surface area contributed by atoms with Gasteiger partial charge in [-0.15, -0.1) is 0 Å². The summed E-state index contributed by atoms with van der Waals surface area (Å²) in [6.45, 7) is 4.21. The second-order valence-electron chi connectivity index (χ2n) is 6.53. The van der Waals surface area contributed by atoms with Gasteiger partial charge in [0.1, 0.15) is 0 Å². The molecule has 3 rings (SSSR count). The monoisotopic (exact) mass is 326 g/mol. The lowest BCUT2D eigenvalue weighted by Gasteiger charge is -2.31. The second kappa shape index (κ2) is 8.64. The molecule has 1 aliphatic heterocycles. The molecule has 5 nitrogen and oxygen atoms in total. The van der Waals surface area contributed by atoms with Gasteiger partial charge in [-0.05, 0) is 49.9 Å². The first-order chi connectivity index (χ1) is 11.8. The van der Waals surface area contributed by atoms with Gasteiger partial charge in [-0.25, -0.2) is 0 Å². The number of aromatic nitrogens is 2. The summed E-state index contributed by atoms with van der Waals surface area (Å²) in [5, 5.41) is 7.31. The molecule has 5 heteroatoms. The van der Waals surface area contributed by atoms with Gasteiger partial charge < -0.3 is 5.32 Å². The number of carbonyl (C=O) groups excluding carboxylic acids is 1. The Morgan fingerprint density at radius 2 is 1.96 bits per heavy atom. The van der Waals surface area contributed by atoms with Crippen molar-refractivity contribution in [2.75, 3.05) is 26.2 Å². The van der Waals surface area contributed by atoms with Crippen LogP contribution < -0.4 is 5.32 Å². The molecular formula is C19H26N4O. The Hall–Kier alpha value is -2.14. The highest BCUT2D eigenvalue weighted by Gasteiger charge is 2.21. The lowest BCUT2D eigenvalue weighted by Crippen LogP contribution is -2.42. The molecule has 0 unspecified atom stereocenters. The molecule has 0 spiro atoms. The zero-order chi connectivity index (χ0) is 16.6. The van der Waals surface area contributed by atoms with Crippen LogP contribution in [-0.2, 0) is 17.8 Å². The van der Waals surface area contributed by atoms with Crippen molar-refractivity contribution in [3.05, 3.63) is 54.4 Å². The van der Waals surface area contributed by atoms with E-state index in [1.165, 1.54) is 5.56 Å². The number of hydrogen-bond donors (Lipinski definition) is 1. The quantitative estimate of drug-likeness (QED) is 0.846. The number of nitrogens with one attached hydrogen (secondary N) is 1. The number of likely N-dealkylation sites (tertiary alicyclic amines) is 1. The highest BCUT2D eigenvalue weighted by molar-refractivity contribution is 5.78. The van der Waals surface area contributed by atoms with Gasteiger partial charge >= 0.3 is 0 Å². The minimum Gasteiger partial charge on any atom is -0.355 e. The van der Waals surface area contributed by atoms with E-state index in [-0.39, 0.29) is 5.91 Å². The molecule has 0 bridgehead atoms. The van der Waals surface area contributed by atoms with Crippen LogP contribution in [0.1, 0.15) is 18.4 Å². The van der Waals surface area contributed by atoms with E-state index in [1.54, 1.807) is 0 Å². The van der Waals surface area contributed by atoms with Crippen LogP contribution in [0.3, 0.4) is 0 Å².